The van der Waals surface area contributed by atoms with Crippen LogP contribution in [0.4, 0.5) is 11.9 Å². The molecule has 1 aromatic rings. The number of anilines is 2. The van der Waals surface area contributed by atoms with E-state index in [2.05, 4.69) is 15.0 Å². The average Bonchev–Trinajstić information content (AvgIpc) is 3.09. The highest BCUT2D eigenvalue weighted by atomic mass is 16.5. The van der Waals surface area contributed by atoms with Crippen LogP contribution in [-0.2, 0) is 14.2 Å². The number of methoxy groups -OCH3 is 3. The molecule has 0 amide bonds. The first kappa shape index (κ1) is 17.8. The van der Waals surface area contributed by atoms with Crippen molar-refractivity contribution < 1.29 is 14.2 Å². The van der Waals surface area contributed by atoms with Crippen LogP contribution in [0.2, 0.25) is 0 Å². The van der Waals surface area contributed by atoms with E-state index in [-0.39, 0.29) is 0 Å². The Morgan fingerprint density at radius 2 is 1.43 bits per heavy atom. The summed E-state index contributed by atoms with van der Waals surface area (Å²) in [6, 6.07) is 0. The zero-order valence-corrected chi connectivity index (χ0v) is 14.5. The molecule has 1 aliphatic rings. The predicted octanol–water partition coefficient (Wildman–Crippen LogP) is 1.58. The Morgan fingerprint density at radius 1 is 0.870 bits per heavy atom. The van der Waals surface area contributed by atoms with Crippen molar-refractivity contribution in [3.8, 4) is 0 Å². The fraction of sp³-hybridized carbons (Fsp3) is 0.800. The Bertz CT molecular complexity index is 476. The standard InChI is InChI=1S/C15H27N5O3/c1-19(9-21-2)14-16-13(12-7-5-6-8-12)17-15(18-14)20(10-22-3)11-23-4/h12H,5-11H2,1-4H3. The number of rotatable bonds is 9. The molecule has 0 atom stereocenters. The molecule has 0 bridgehead atoms. The Balaban J connectivity index is 2.34. The third-order valence-corrected chi connectivity index (χ3v) is 3.87. The molecule has 0 unspecified atom stereocenters. The van der Waals surface area contributed by atoms with Crippen molar-refractivity contribution in [1.82, 2.24) is 15.0 Å². The van der Waals surface area contributed by atoms with Crippen molar-refractivity contribution in [1.29, 1.82) is 0 Å². The van der Waals surface area contributed by atoms with E-state index in [1.165, 1.54) is 12.8 Å². The monoisotopic (exact) mass is 325 g/mol. The van der Waals surface area contributed by atoms with Crippen LogP contribution in [0.1, 0.15) is 37.4 Å². The highest BCUT2D eigenvalue weighted by Crippen LogP contribution is 2.33. The topological polar surface area (TPSA) is 72.8 Å². The van der Waals surface area contributed by atoms with Crippen molar-refractivity contribution >= 4 is 11.9 Å². The zero-order chi connectivity index (χ0) is 16.7. The summed E-state index contributed by atoms with van der Waals surface area (Å²) >= 11 is 0. The van der Waals surface area contributed by atoms with Gasteiger partial charge in [-0.15, -0.1) is 0 Å². The highest BCUT2D eigenvalue weighted by molar-refractivity contribution is 5.38. The third kappa shape index (κ3) is 4.73. The zero-order valence-electron chi connectivity index (χ0n) is 14.5. The first-order chi connectivity index (χ1) is 11.2. The second kappa shape index (κ2) is 8.95. The summed E-state index contributed by atoms with van der Waals surface area (Å²) < 4.78 is 15.6. The SMILES string of the molecule is COCN(C)c1nc(C2CCCC2)nc(N(COC)COC)n1. The maximum atomic E-state index is 5.23. The molecule has 2 rings (SSSR count). The molecule has 1 aliphatic carbocycles. The van der Waals surface area contributed by atoms with Gasteiger partial charge in [-0.05, 0) is 12.8 Å². The smallest absolute Gasteiger partial charge is 0.234 e. The van der Waals surface area contributed by atoms with Gasteiger partial charge in [0, 0.05) is 34.3 Å². The van der Waals surface area contributed by atoms with Gasteiger partial charge in [-0.1, -0.05) is 12.8 Å². The lowest BCUT2D eigenvalue weighted by Gasteiger charge is -2.24. The largest absolute Gasteiger partial charge is 0.364 e. The molecule has 0 spiro atoms. The van der Waals surface area contributed by atoms with E-state index < -0.39 is 0 Å². The van der Waals surface area contributed by atoms with Gasteiger partial charge in [0.15, 0.2) is 0 Å². The fourth-order valence-corrected chi connectivity index (χ4v) is 2.76. The van der Waals surface area contributed by atoms with Gasteiger partial charge in [0.05, 0.1) is 0 Å². The number of hydrogen-bond acceptors (Lipinski definition) is 8. The fourth-order valence-electron chi connectivity index (χ4n) is 2.76. The molecule has 1 saturated carbocycles. The number of hydrogen-bond donors (Lipinski definition) is 0. The lowest BCUT2D eigenvalue weighted by molar-refractivity contribution is 0.138. The lowest BCUT2D eigenvalue weighted by atomic mass is 10.1. The van der Waals surface area contributed by atoms with Crippen molar-refractivity contribution in [3.63, 3.8) is 0 Å². The first-order valence-electron chi connectivity index (χ1n) is 7.88. The van der Waals surface area contributed by atoms with Crippen LogP contribution in [-0.4, -0.2) is 63.5 Å². The summed E-state index contributed by atoms with van der Waals surface area (Å²) in [5.74, 6) is 2.43. The third-order valence-electron chi connectivity index (χ3n) is 3.87. The minimum absolute atomic E-state index is 0.357. The van der Waals surface area contributed by atoms with Crippen LogP contribution in [0.15, 0.2) is 0 Å². The Morgan fingerprint density at radius 3 is 2.00 bits per heavy atom. The lowest BCUT2D eigenvalue weighted by Crippen LogP contribution is -2.31. The molecule has 0 radical (unpaired) electrons. The second-order valence-electron chi connectivity index (χ2n) is 5.77. The van der Waals surface area contributed by atoms with E-state index in [0.717, 1.165) is 18.7 Å². The minimum Gasteiger partial charge on any atom is -0.364 e. The van der Waals surface area contributed by atoms with E-state index in [0.29, 0.717) is 38.0 Å². The van der Waals surface area contributed by atoms with Gasteiger partial charge < -0.3 is 19.1 Å². The van der Waals surface area contributed by atoms with Gasteiger partial charge in [0.25, 0.3) is 0 Å². The molecule has 1 heterocycles. The molecule has 1 fully saturated rings. The molecule has 8 nitrogen and oxygen atoms in total. The van der Waals surface area contributed by atoms with Gasteiger partial charge in [-0.2, -0.15) is 15.0 Å². The molecule has 0 aliphatic heterocycles. The number of aromatic nitrogens is 3. The van der Waals surface area contributed by atoms with Crippen LogP contribution < -0.4 is 9.80 Å². The Hall–Kier alpha value is -1.51. The molecule has 23 heavy (non-hydrogen) atoms. The van der Waals surface area contributed by atoms with Gasteiger partial charge in [0.2, 0.25) is 11.9 Å². The Labute approximate surface area is 137 Å². The average molecular weight is 325 g/mol. The molecule has 0 saturated heterocycles. The second-order valence-corrected chi connectivity index (χ2v) is 5.77. The Kier molecular flexibility index (Phi) is 6.94. The van der Waals surface area contributed by atoms with Crippen LogP contribution in [0.3, 0.4) is 0 Å². The first-order valence-corrected chi connectivity index (χ1v) is 7.88. The van der Waals surface area contributed by atoms with Crippen LogP contribution in [0.5, 0.6) is 0 Å². The van der Waals surface area contributed by atoms with E-state index >= 15 is 0 Å². The highest BCUT2D eigenvalue weighted by Gasteiger charge is 2.23. The van der Waals surface area contributed by atoms with Crippen LogP contribution >= 0.6 is 0 Å². The summed E-state index contributed by atoms with van der Waals surface area (Å²) in [5, 5.41) is 0. The quantitative estimate of drug-likeness (QED) is 0.634. The van der Waals surface area contributed by atoms with Crippen molar-refractivity contribution in [2.24, 2.45) is 0 Å². The van der Waals surface area contributed by atoms with E-state index in [9.17, 15) is 0 Å². The van der Waals surface area contributed by atoms with E-state index in [1.54, 1.807) is 21.3 Å². The normalized spacial score (nSPS) is 15.1. The number of nitrogens with zero attached hydrogens (tertiary/aromatic N) is 5. The summed E-state index contributed by atoms with van der Waals surface area (Å²) in [4.78, 5) is 17.6. The summed E-state index contributed by atoms with van der Waals surface area (Å²) in [6.45, 7) is 1.13. The van der Waals surface area contributed by atoms with E-state index in [4.69, 9.17) is 14.2 Å². The minimum atomic E-state index is 0.357. The molecular formula is C15H27N5O3. The van der Waals surface area contributed by atoms with Crippen molar-refractivity contribution in [3.05, 3.63) is 5.82 Å². The summed E-state index contributed by atoms with van der Waals surface area (Å²) in [7, 11) is 6.83. The molecule has 130 valence electrons. The van der Waals surface area contributed by atoms with Gasteiger partial charge in [-0.3, -0.25) is 4.90 Å². The molecule has 0 N–H and O–H groups in total. The van der Waals surface area contributed by atoms with Gasteiger partial charge >= 0.3 is 0 Å². The van der Waals surface area contributed by atoms with E-state index in [1.807, 2.05) is 16.8 Å². The summed E-state index contributed by atoms with van der Waals surface area (Å²) in [6.07, 6.45) is 4.72. The molecule has 8 heteroatoms. The van der Waals surface area contributed by atoms with Gasteiger partial charge in [-0.25, -0.2) is 0 Å². The molecule has 0 aromatic carbocycles. The summed E-state index contributed by atoms with van der Waals surface area (Å²) in [5.41, 5.74) is 0. The van der Waals surface area contributed by atoms with Crippen LogP contribution in [0, 0.1) is 0 Å². The van der Waals surface area contributed by atoms with Gasteiger partial charge in [0.1, 0.15) is 26.0 Å². The van der Waals surface area contributed by atoms with Crippen molar-refractivity contribution in [2.75, 3.05) is 58.4 Å². The predicted molar refractivity (Wildman–Crippen MR) is 87.5 cm³/mol. The van der Waals surface area contributed by atoms with Crippen LogP contribution in [0.25, 0.3) is 0 Å². The maximum Gasteiger partial charge on any atom is 0.234 e. The number of ether oxygens (including phenoxy) is 3. The molecule has 1 aromatic heterocycles. The molecular weight excluding hydrogens is 298 g/mol. The van der Waals surface area contributed by atoms with Crippen molar-refractivity contribution in [2.45, 2.75) is 31.6 Å². The maximum absolute atomic E-state index is 5.23.